The lowest BCUT2D eigenvalue weighted by molar-refractivity contribution is -0.117. The highest BCUT2D eigenvalue weighted by Crippen LogP contribution is 2.45. The van der Waals surface area contributed by atoms with Gasteiger partial charge in [0.15, 0.2) is 0 Å². The Hall–Kier alpha value is -2.52. The summed E-state index contributed by atoms with van der Waals surface area (Å²) in [5, 5.41) is 11.3. The Kier molecular flexibility index (Phi) is 6.22. The summed E-state index contributed by atoms with van der Waals surface area (Å²) >= 11 is 12.2. The number of alkyl halides is 2. The lowest BCUT2D eigenvalue weighted by atomic mass is 10.2. The van der Waals surface area contributed by atoms with E-state index in [0.717, 1.165) is 12.8 Å². The number of anilines is 1. The zero-order valence-electron chi connectivity index (χ0n) is 17.3. The molecule has 0 aliphatic heterocycles. The van der Waals surface area contributed by atoms with Crippen LogP contribution in [-0.2, 0) is 17.9 Å². The average molecular weight is 486 g/mol. The molecule has 1 N–H and O–H groups in total. The molecule has 6 nitrogen and oxygen atoms in total. The Morgan fingerprint density at radius 3 is 2.56 bits per heavy atom. The first-order chi connectivity index (χ1) is 15.2. The van der Waals surface area contributed by atoms with Gasteiger partial charge in [-0.05, 0) is 44.4 Å². The molecule has 4 rings (SSSR count). The van der Waals surface area contributed by atoms with E-state index in [4.69, 9.17) is 23.2 Å². The second kappa shape index (κ2) is 8.78. The first kappa shape index (κ1) is 22.7. The van der Waals surface area contributed by atoms with Crippen molar-refractivity contribution < 1.29 is 18.0 Å². The lowest BCUT2D eigenvalue weighted by Gasteiger charge is -2.10. The highest BCUT2D eigenvalue weighted by Gasteiger charge is 2.34. The minimum absolute atomic E-state index is 0.0435. The van der Waals surface area contributed by atoms with E-state index in [0.29, 0.717) is 34.9 Å². The molecular weight excluding hydrogens is 466 g/mol. The van der Waals surface area contributed by atoms with Crippen molar-refractivity contribution in [1.82, 2.24) is 19.6 Å². The summed E-state index contributed by atoms with van der Waals surface area (Å²) in [7, 11) is 0. The van der Waals surface area contributed by atoms with Crippen molar-refractivity contribution in [3.8, 4) is 0 Å². The molecule has 3 aromatic rings. The molecule has 2 heterocycles. The summed E-state index contributed by atoms with van der Waals surface area (Å²) in [6.07, 6.45) is -1.16. The van der Waals surface area contributed by atoms with Crippen LogP contribution in [0.2, 0.25) is 10.0 Å². The molecule has 0 unspecified atom stereocenters. The van der Waals surface area contributed by atoms with Crippen LogP contribution in [0.5, 0.6) is 0 Å². The Bertz CT molecular complexity index is 1190. The molecule has 0 bridgehead atoms. The number of nitrogens with zero attached hydrogens (tertiary/aromatic N) is 4. The molecule has 170 valence electrons. The van der Waals surface area contributed by atoms with Gasteiger partial charge in [0, 0.05) is 10.9 Å². The van der Waals surface area contributed by atoms with Gasteiger partial charge in [-0.1, -0.05) is 29.3 Å². The topological polar surface area (TPSA) is 64.7 Å². The van der Waals surface area contributed by atoms with Gasteiger partial charge in [-0.3, -0.25) is 14.2 Å². The number of hydrogen-bond donors (Lipinski definition) is 1. The van der Waals surface area contributed by atoms with Crippen LogP contribution in [0.25, 0.3) is 0 Å². The third kappa shape index (κ3) is 4.49. The smallest absolute Gasteiger partial charge is 0.283 e. The van der Waals surface area contributed by atoms with Gasteiger partial charge >= 0.3 is 0 Å². The molecule has 1 aliphatic rings. The fourth-order valence-electron chi connectivity index (χ4n) is 3.64. The summed E-state index contributed by atoms with van der Waals surface area (Å²) in [6, 6.07) is 4.12. The number of aromatic nitrogens is 4. The summed E-state index contributed by atoms with van der Waals surface area (Å²) in [5.74, 6) is -0.821. The van der Waals surface area contributed by atoms with Crippen molar-refractivity contribution in [3.05, 3.63) is 62.4 Å². The fourth-order valence-corrected chi connectivity index (χ4v) is 4.24. The van der Waals surface area contributed by atoms with Crippen molar-refractivity contribution in [2.45, 2.75) is 52.1 Å². The molecule has 2 aromatic heterocycles. The van der Waals surface area contributed by atoms with Crippen LogP contribution in [-0.4, -0.2) is 25.5 Å². The first-order valence-corrected chi connectivity index (χ1v) is 10.7. The van der Waals surface area contributed by atoms with Gasteiger partial charge < -0.3 is 5.32 Å². The standard InChI is InChI=1S/C21H20Cl2F3N5O/c1-10-18(11(2)30(28-10)8-13-5-6-14(24)7-15(13)22)27-16(32)9-31-20(12-3-4-12)17(23)19(29-31)21(25)26/h5-7,12,21H,3-4,8-9H2,1-2H3,(H,27,32). The second-order valence-corrected chi connectivity index (χ2v) is 8.59. The van der Waals surface area contributed by atoms with Crippen molar-refractivity contribution in [3.63, 3.8) is 0 Å². The van der Waals surface area contributed by atoms with Crippen LogP contribution in [0.1, 0.15) is 53.5 Å². The van der Waals surface area contributed by atoms with Gasteiger partial charge in [-0.15, -0.1) is 0 Å². The highest BCUT2D eigenvalue weighted by molar-refractivity contribution is 6.32. The predicted molar refractivity (Wildman–Crippen MR) is 115 cm³/mol. The monoisotopic (exact) mass is 485 g/mol. The predicted octanol–water partition coefficient (Wildman–Crippen LogP) is 5.64. The Morgan fingerprint density at radius 2 is 1.94 bits per heavy atom. The van der Waals surface area contributed by atoms with Gasteiger partial charge in [0.25, 0.3) is 6.43 Å². The van der Waals surface area contributed by atoms with Gasteiger partial charge in [-0.25, -0.2) is 13.2 Å². The van der Waals surface area contributed by atoms with E-state index in [-0.39, 0.29) is 22.5 Å². The second-order valence-electron chi connectivity index (χ2n) is 7.80. The van der Waals surface area contributed by atoms with Gasteiger partial charge in [-0.2, -0.15) is 10.2 Å². The van der Waals surface area contributed by atoms with E-state index >= 15 is 0 Å². The summed E-state index contributed by atoms with van der Waals surface area (Å²) in [6.45, 7) is 3.56. The number of benzene rings is 1. The van der Waals surface area contributed by atoms with Crippen molar-refractivity contribution in [2.75, 3.05) is 5.32 Å². The summed E-state index contributed by atoms with van der Waals surface area (Å²) in [5.41, 5.74) is 2.41. The molecule has 32 heavy (non-hydrogen) atoms. The fraction of sp³-hybridized carbons (Fsp3) is 0.381. The molecule has 1 amide bonds. The molecular formula is C21H20Cl2F3N5O. The zero-order chi connectivity index (χ0) is 23.2. The molecule has 11 heteroatoms. The lowest BCUT2D eigenvalue weighted by Crippen LogP contribution is -2.21. The molecule has 0 atom stereocenters. The Labute approximate surface area is 192 Å². The molecule has 0 spiro atoms. The van der Waals surface area contributed by atoms with Crippen LogP contribution in [0.4, 0.5) is 18.9 Å². The first-order valence-electron chi connectivity index (χ1n) is 9.97. The molecule has 0 saturated heterocycles. The quantitative estimate of drug-likeness (QED) is 0.470. The van der Waals surface area contributed by atoms with E-state index in [1.807, 2.05) is 0 Å². The number of carbonyl (C=O) groups is 1. The van der Waals surface area contributed by atoms with Crippen LogP contribution < -0.4 is 5.32 Å². The van der Waals surface area contributed by atoms with E-state index in [2.05, 4.69) is 15.5 Å². The van der Waals surface area contributed by atoms with Gasteiger partial charge in [0.2, 0.25) is 5.91 Å². The largest absolute Gasteiger partial charge is 0.321 e. The number of aryl methyl sites for hydroxylation is 1. The molecule has 1 saturated carbocycles. The number of amides is 1. The zero-order valence-corrected chi connectivity index (χ0v) is 18.8. The van der Waals surface area contributed by atoms with E-state index in [1.54, 1.807) is 24.6 Å². The normalized spacial score (nSPS) is 13.8. The molecule has 0 radical (unpaired) electrons. The van der Waals surface area contributed by atoms with E-state index < -0.39 is 23.8 Å². The maximum absolute atomic E-state index is 13.3. The number of halogens is 5. The van der Waals surface area contributed by atoms with Crippen LogP contribution in [0.3, 0.4) is 0 Å². The molecule has 1 aliphatic carbocycles. The number of carbonyl (C=O) groups excluding carboxylic acids is 1. The Balaban J connectivity index is 1.53. The minimum atomic E-state index is -2.81. The van der Waals surface area contributed by atoms with E-state index in [1.165, 1.54) is 16.8 Å². The number of rotatable bonds is 7. The highest BCUT2D eigenvalue weighted by atomic mass is 35.5. The maximum atomic E-state index is 13.3. The van der Waals surface area contributed by atoms with Gasteiger partial charge in [0.05, 0.1) is 34.3 Å². The number of nitrogens with one attached hydrogen (secondary N) is 1. The Morgan fingerprint density at radius 1 is 1.22 bits per heavy atom. The minimum Gasteiger partial charge on any atom is -0.321 e. The van der Waals surface area contributed by atoms with E-state index in [9.17, 15) is 18.0 Å². The summed E-state index contributed by atoms with van der Waals surface area (Å²) in [4.78, 5) is 12.7. The van der Waals surface area contributed by atoms with Crippen molar-refractivity contribution >= 4 is 34.8 Å². The van der Waals surface area contributed by atoms with Crippen LogP contribution in [0.15, 0.2) is 18.2 Å². The third-order valence-corrected chi connectivity index (χ3v) is 6.14. The van der Waals surface area contributed by atoms with Gasteiger partial charge in [0.1, 0.15) is 18.1 Å². The van der Waals surface area contributed by atoms with Crippen LogP contribution in [0, 0.1) is 19.7 Å². The maximum Gasteiger partial charge on any atom is 0.283 e. The summed E-state index contributed by atoms with van der Waals surface area (Å²) < 4.78 is 42.7. The number of hydrogen-bond acceptors (Lipinski definition) is 3. The van der Waals surface area contributed by atoms with Crippen molar-refractivity contribution in [2.24, 2.45) is 0 Å². The van der Waals surface area contributed by atoms with Crippen molar-refractivity contribution in [1.29, 1.82) is 0 Å². The van der Waals surface area contributed by atoms with Crippen LogP contribution >= 0.6 is 23.2 Å². The molecule has 1 aromatic carbocycles. The third-order valence-electron chi connectivity index (χ3n) is 5.40. The average Bonchev–Trinajstić information content (AvgIpc) is 3.45. The molecule has 1 fully saturated rings. The SMILES string of the molecule is Cc1nn(Cc2ccc(F)cc2Cl)c(C)c1NC(=O)Cn1nc(C(F)F)c(Cl)c1C1CC1.